The summed E-state index contributed by atoms with van der Waals surface area (Å²) in [5, 5.41) is 10.0. The summed E-state index contributed by atoms with van der Waals surface area (Å²) >= 11 is 0. The lowest BCUT2D eigenvalue weighted by molar-refractivity contribution is 0.0685. The number of carbonyl (C=O) groups is 1. The van der Waals surface area contributed by atoms with Crippen LogP contribution in [0.3, 0.4) is 0 Å². The van der Waals surface area contributed by atoms with Crippen LogP contribution >= 0.6 is 0 Å². The van der Waals surface area contributed by atoms with Crippen molar-refractivity contribution in [2.24, 2.45) is 0 Å². The van der Waals surface area contributed by atoms with Gasteiger partial charge in [-0.25, -0.2) is 9.78 Å². The minimum atomic E-state index is -1.29. The highest BCUT2D eigenvalue weighted by Crippen LogP contribution is 2.20. The lowest BCUT2D eigenvalue weighted by Crippen LogP contribution is -2.21. The van der Waals surface area contributed by atoms with E-state index in [1.807, 2.05) is 30.5 Å². The molecule has 7 nitrogen and oxygen atoms in total. The second kappa shape index (κ2) is 5.36. The van der Waals surface area contributed by atoms with E-state index < -0.39 is 11.5 Å². The van der Waals surface area contributed by atoms with Gasteiger partial charge in [-0.1, -0.05) is 18.2 Å². The Bertz CT molecular complexity index is 911. The molecule has 0 saturated carbocycles. The molecule has 1 aromatic carbocycles. The molecule has 0 aliphatic heterocycles. The highest BCUT2D eigenvalue weighted by atomic mass is 16.5. The number of para-hydroxylation sites is 1. The maximum atomic E-state index is 12.0. The molecule has 22 heavy (non-hydrogen) atoms. The Morgan fingerprint density at radius 1 is 1.36 bits per heavy atom. The monoisotopic (exact) mass is 299 g/mol. The molecule has 112 valence electrons. The van der Waals surface area contributed by atoms with Gasteiger partial charge in [-0.05, 0) is 11.6 Å². The molecule has 0 aliphatic rings. The standard InChI is InChI=1S/C15H13N3O4/c1-22-14-12(15(20)21)18-13(19)11(17-14)6-8-7-16-10-5-3-2-4-9(8)10/h2-5,7,16H,6H2,1H3,(H,18,19)(H,20,21). The lowest BCUT2D eigenvalue weighted by atomic mass is 10.1. The van der Waals surface area contributed by atoms with Gasteiger partial charge in [0.2, 0.25) is 5.88 Å². The van der Waals surface area contributed by atoms with E-state index in [1.54, 1.807) is 0 Å². The number of aromatic amines is 2. The van der Waals surface area contributed by atoms with Gasteiger partial charge in [0.1, 0.15) is 5.69 Å². The van der Waals surface area contributed by atoms with Crippen LogP contribution in [0.4, 0.5) is 0 Å². The van der Waals surface area contributed by atoms with E-state index >= 15 is 0 Å². The van der Waals surface area contributed by atoms with E-state index in [0.717, 1.165) is 16.5 Å². The Kier molecular flexibility index (Phi) is 3.38. The number of fused-ring (bicyclic) bond motifs is 1. The molecule has 0 amide bonds. The smallest absolute Gasteiger partial charge is 0.358 e. The molecule has 0 radical (unpaired) electrons. The van der Waals surface area contributed by atoms with Crippen LogP contribution < -0.4 is 10.3 Å². The molecule has 0 bridgehead atoms. The maximum Gasteiger partial charge on any atom is 0.358 e. The zero-order valence-electron chi connectivity index (χ0n) is 11.7. The Hall–Kier alpha value is -3.09. The average Bonchev–Trinajstić information content (AvgIpc) is 2.92. The number of ether oxygens (including phenoxy) is 1. The molecule has 0 aliphatic carbocycles. The van der Waals surface area contributed by atoms with E-state index in [2.05, 4.69) is 15.0 Å². The number of nitrogens with one attached hydrogen (secondary N) is 2. The van der Waals surface area contributed by atoms with Crippen molar-refractivity contribution in [3.8, 4) is 5.88 Å². The summed E-state index contributed by atoms with van der Waals surface area (Å²) < 4.78 is 4.94. The Morgan fingerprint density at radius 2 is 2.14 bits per heavy atom. The first-order valence-electron chi connectivity index (χ1n) is 6.55. The summed E-state index contributed by atoms with van der Waals surface area (Å²) in [4.78, 5) is 32.5. The zero-order valence-corrected chi connectivity index (χ0v) is 11.7. The van der Waals surface area contributed by atoms with E-state index in [4.69, 9.17) is 9.84 Å². The van der Waals surface area contributed by atoms with E-state index in [9.17, 15) is 9.59 Å². The molecule has 0 atom stereocenters. The van der Waals surface area contributed by atoms with Crippen molar-refractivity contribution >= 4 is 16.9 Å². The number of carboxylic acids is 1. The summed E-state index contributed by atoms with van der Waals surface area (Å²) in [6.45, 7) is 0. The third-order valence-electron chi connectivity index (χ3n) is 3.39. The molecule has 7 heteroatoms. The van der Waals surface area contributed by atoms with Crippen LogP contribution in [0.25, 0.3) is 10.9 Å². The lowest BCUT2D eigenvalue weighted by Gasteiger charge is -2.06. The number of rotatable bonds is 4. The summed E-state index contributed by atoms with van der Waals surface area (Å²) in [6.07, 6.45) is 2.08. The van der Waals surface area contributed by atoms with Gasteiger partial charge in [0, 0.05) is 23.5 Å². The summed E-state index contributed by atoms with van der Waals surface area (Å²) in [5.41, 5.74) is 1.17. The Balaban J connectivity index is 2.06. The van der Waals surface area contributed by atoms with Crippen LogP contribution in [-0.4, -0.2) is 33.1 Å². The van der Waals surface area contributed by atoms with Crippen LogP contribution in [0.1, 0.15) is 21.7 Å². The second-order valence-electron chi connectivity index (χ2n) is 4.74. The average molecular weight is 299 g/mol. The molecule has 0 spiro atoms. The fraction of sp³-hybridized carbons (Fsp3) is 0.133. The van der Waals surface area contributed by atoms with Crippen molar-refractivity contribution in [2.75, 3.05) is 7.11 Å². The van der Waals surface area contributed by atoms with Crippen molar-refractivity contribution in [3.63, 3.8) is 0 Å². The molecule has 2 aromatic heterocycles. The third-order valence-corrected chi connectivity index (χ3v) is 3.39. The van der Waals surface area contributed by atoms with Gasteiger partial charge < -0.3 is 19.8 Å². The van der Waals surface area contributed by atoms with Gasteiger partial charge in [-0.3, -0.25) is 4.79 Å². The van der Waals surface area contributed by atoms with Gasteiger partial charge in [-0.2, -0.15) is 0 Å². The topological polar surface area (TPSA) is 108 Å². The highest BCUT2D eigenvalue weighted by Gasteiger charge is 2.17. The maximum absolute atomic E-state index is 12.0. The second-order valence-corrected chi connectivity index (χ2v) is 4.74. The Morgan fingerprint density at radius 3 is 2.86 bits per heavy atom. The number of nitrogens with zero attached hydrogens (tertiary/aromatic N) is 1. The van der Waals surface area contributed by atoms with Crippen molar-refractivity contribution in [1.82, 2.24) is 15.0 Å². The zero-order chi connectivity index (χ0) is 15.7. The first-order valence-corrected chi connectivity index (χ1v) is 6.55. The molecule has 0 fully saturated rings. The number of methoxy groups -OCH3 is 1. The minimum absolute atomic E-state index is 0.109. The summed E-state index contributed by atoms with van der Waals surface area (Å²) in [7, 11) is 1.31. The Labute approximate surface area is 124 Å². The van der Waals surface area contributed by atoms with Gasteiger partial charge in [-0.15, -0.1) is 0 Å². The molecule has 3 rings (SSSR count). The van der Waals surface area contributed by atoms with Crippen LogP contribution in [0, 0.1) is 0 Å². The number of aromatic nitrogens is 3. The first-order chi connectivity index (χ1) is 10.6. The predicted octanol–water partition coefficient (Wildman–Crippen LogP) is 1.55. The summed E-state index contributed by atoms with van der Waals surface area (Å²) in [6, 6.07) is 7.70. The number of H-pyrrole nitrogens is 2. The molecule has 3 N–H and O–H groups in total. The van der Waals surface area contributed by atoms with Gasteiger partial charge >= 0.3 is 5.97 Å². The van der Waals surface area contributed by atoms with Crippen molar-refractivity contribution in [1.29, 1.82) is 0 Å². The molecule has 2 heterocycles. The van der Waals surface area contributed by atoms with Gasteiger partial charge in [0.25, 0.3) is 5.56 Å². The SMILES string of the molecule is COc1nc(Cc2c[nH]c3ccccc23)c(=O)[nH]c1C(=O)O. The first kappa shape index (κ1) is 13.9. The largest absolute Gasteiger partial charge is 0.479 e. The number of aromatic carboxylic acids is 1. The quantitative estimate of drug-likeness (QED) is 0.677. The van der Waals surface area contributed by atoms with E-state index in [-0.39, 0.29) is 23.7 Å². The molecular weight excluding hydrogens is 286 g/mol. The molecule has 0 unspecified atom stereocenters. The van der Waals surface area contributed by atoms with Crippen molar-refractivity contribution in [2.45, 2.75) is 6.42 Å². The fourth-order valence-corrected chi connectivity index (χ4v) is 2.34. The van der Waals surface area contributed by atoms with Crippen LogP contribution in [0.2, 0.25) is 0 Å². The van der Waals surface area contributed by atoms with Gasteiger partial charge in [0.05, 0.1) is 7.11 Å². The van der Waals surface area contributed by atoms with Crippen LogP contribution in [0.15, 0.2) is 35.3 Å². The van der Waals surface area contributed by atoms with Crippen LogP contribution in [0.5, 0.6) is 5.88 Å². The number of hydrogen-bond acceptors (Lipinski definition) is 4. The van der Waals surface area contributed by atoms with E-state index in [1.165, 1.54) is 7.11 Å². The van der Waals surface area contributed by atoms with Crippen molar-refractivity contribution < 1.29 is 14.6 Å². The highest BCUT2D eigenvalue weighted by molar-refractivity contribution is 5.87. The predicted molar refractivity (Wildman–Crippen MR) is 79.5 cm³/mol. The number of benzene rings is 1. The minimum Gasteiger partial charge on any atom is -0.479 e. The normalized spacial score (nSPS) is 10.8. The number of carboxylic acid groups (broad SMARTS) is 1. The van der Waals surface area contributed by atoms with Crippen LogP contribution in [-0.2, 0) is 6.42 Å². The van der Waals surface area contributed by atoms with Gasteiger partial charge in [0.15, 0.2) is 5.69 Å². The number of hydrogen-bond donors (Lipinski definition) is 3. The molecule has 0 saturated heterocycles. The van der Waals surface area contributed by atoms with Crippen molar-refractivity contribution in [3.05, 3.63) is 57.8 Å². The summed E-state index contributed by atoms with van der Waals surface area (Å²) in [5.74, 6) is -1.40. The third kappa shape index (κ3) is 2.32. The molecular formula is C15H13N3O4. The van der Waals surface area contributed by atoms with E-state index in [0.29, 0.717) is 0 Å². The fourth-order valence-electron chi connectivity index (χ4n) is 2.34. The molecule has 3 aromatic rings.